The van der Waals surface area contributed by atoms with Gasteiger partial charge in [-0.2, -0.15) is 4.31 Å². The molecule has 5 heteroatoms. The molecule has 3 rings (SSSR count). The van der Waals surface area contributed by atoms with Crippen LogP contribution in [0.15, 0.2) is 59.5 Å². The smallest absolute Gasteiger partial charge is 0.243 e. The van der Waals surface area contributed by atoms with Crippen molar-refractivity contribution in [1.29, 1.82) is 0 Å². The van der Waals surface area contributed by atoms with Crippen LogP contribution in [0.4, 0.5) is 0 Å². The first-order valence-electron chi connectivity index (χ1n) is 8.23. The molecule has 4 nitrogen and oxygen atoms in total. The Balaban J connectivity index is 1.78. The molecule has 0 radical (unpaired) electrons. The van der Waals surface area contributed by atoms with Gasteiger partial charge in [0.1, 0.15) is 12.4 Å². The van der Waals surface area contributed by atoms with Gasteiger partial charge in [0.15, 0.2) is 0 Å². The zero-order chi connectivity index (χ0) is 17.2. The summed E-state index contributed by atoms with van der Waals surface area (Å²) in [5.41, 5.74) is 1.05. The van der Waals surface area contributed by atoms with Crippen molar-refractivity contribution in [3.63, 3.8) is 0 Å². The topological polar surface area (TPSA) is 46.6 Å². The van der Waals surface area contributed by atoms with Crippen molar-refractivity contribution in [3.8, 4) is 5.75 Å². The minimum absolute atomic E-state index is 0.133. The van der Waals surface area contributed by atoms with Gasteiger partial charge in [0, 0.05) is 6.54 Å². The number of hydrogen-bond acceptors (Lipinski definition) is 3. The third-order valence-corrected chi connectivity index (χ3v) is 6.32. The fourth-order valence-corrected chi connectivity index (χ4v) is 4.85. The normalized spacial score (nSPS) is 21.8. The summed E-state index contributed by atoms with van der Waals surface area (Å²) in [4.78, 5) is 0.354. The van der Waals surface area contributed by atoms with Crippen LogP contribution in [0.2, 0.25) is 0 Å². The number of benzene rings is 2. The van der Waals surface area contributed by atoms with E-state index in [0.29, 0.717) is 24.0 Å². The molecule has 2 aromatic carbocycles. The molecule has 1 aliphatic rings. The van der Waals surface area contributed by atoms with E-state index < -0.39 is 10.0 Å². The van der Waals surface area contributed by atoms with Crippen molar-refractivity contribution in [1.82, 2.24) is 4.31 Å². The predicted octanol–water partition coefficient (Wildman–Crippen LogP) is 3.47. The first-order chi connectivity index (χ1) is 11.5. The Hall–Kier alpha value is -1.85. The zero-order valence-electron chi connectivity index (χ0n) is 14.1. The van der Waals surface area contributed by atoms with Gasteiger partial charge in [-0.15, -0.1) is 0 Å². The molecule has 0 spiro atoms. The molecule has 0 amide bonds. The Morgan fingerprint density at radius 1 is 1.08 bits per heavy atom. The number of para-hydroxylation sites is 1. The van der Waals surface area contributed by atoms with E-state index in [1.54, 1.807) is 16.4 Å². The average Bonchev–Trinajstić information content (AvgIpc) is 2.96. The Morgan fingerprint density at radius 3 is 2.42 bits per heavy atom. The molecule has 2 aromatic rings. The maximum absolute atomic E-state index is 13.0. The molecule has 1 fully saturated rings. The first-order valence-corrected chi connectivity index (χ1v) is 9.67. The molecular formula is C19H23NO3S. The highest BCUT2D eigenvalue weighted by atomic mass is 32.2. The Kier molecular flexibility index (Phi) is 4.92. The van der Waals surface area contributed by atoms with Crippen LogP contribution in [0.25, 0.3) is 0 Å². The molecule has 0 saturated carbocycles. The second-order valence-corrected chi connectivity index (χ2v) is 8.40. The summed E-state index contributed by atoms with van der Waals surface area (Å²) in [6.45, 7) is 4.95. The maximum atomic E-state index is 13.0. The van der Waals surface area contributed by atoms with Crippen molar-refractivity contribution in [2.45, 2.75) is 31.2 Å². The fourth-order valence-electron chi connectivity index (χ4n) is 3.11. The maximum Gasteiger partial charge on any atom is 0.243 e. The third-order valence-electron chi connectivity index (χ3n) is 4.39. The largest absolute Gasteiger partial charge is 0.492 e. The first kappa shape index (κ1) is 17.0. The third kappa shape index (κ3) is 3.62. The minimum atomic E-state index is -3.49. The Bertz CT molecular complexity index is 772. The van der Waals surface area contributed by atoms with Gasteiger partial charge < -0.3 is 4.74 Å². The number of hydrogen-bond donors (Lipinski definition) is 0. The van der Waals surface area contributed by atoms with Crippen LogP contribution in [0, 0.1) is 12.8 Å². The summed E-state index contributed by atoms with van der Waals surface area (Å²) in [6, 6.07) is 16.4. The quantitative estimate of drug-likeness (QED) is 0.833. The minimum Gasteiger partial charge on any atom is -0.492 e. The molecule has 0 aromatic heterocycles. The number of sulfonamides is 1. The highest BCUT2D eigenvalue weighted by Gasteiger charge is 2.38. The van der Waals surface area contributed by atoms with Crippen LogP contribution >= 0.6 is 0 Å². The van der Waals surface area contributed by atoms with Crippen molar-refractivity contribution in [3.05, 3.63) is 60.2 Å². The zero-order valence-corrected chi connectivity index (χ0v) is 14.9. The molecule has 1 heterocycles. The van der Waals surface area contributed by atoms with Crippen LogP contribution in [-0.4, -0.2) is 31.9 Å². The van der Waals surface area contributed by atoms with Gasteiger partial charge in [-0.3, -0.25) is 0 Å². The molecular weight excluding hydrogens is 322 g/mol. The van der Waals surface area contributed by atoms with E-state index in [9.17, 15) is 8.42 Å². The highest BCUT2D eigenvalue weighted by molar-refractivity contribution is 7.89. The van der Waals surface area contributed by atoms with E-state index in [0.717, 1.165) is 17.7 Å². The fraction of sp³-hybridized carbons (Fsp3) is 0.368. The van der Waals surface area contributed by atoms with Crippen LogP contribution < -0.4 is 4.74 Å². The van der Waals surface area contributed by atoms with Crippen molar-refractivity contribution < 1.29 is 13.2 Å². The van der Waals surface area contributed by atoms with Crippen molar-refractivity contribution >= 4 is 10.0 Å². The molecule has 128 valence electrons. The SMILES string of the molecule is Cc1ccc(S(=O)(=O)N2C[C@H](C)C[C@@H]2COc2ccccc2)cc1. The molecule has 24 heavy (non-hydrogen) atoms. The summed E-state index contributed by atoms with van der Waals surface area (Å²) in [5.74, 6) is 1.10. The second-order valence-electron chi connectivity index (χ2n) is 6.51. The second kappa shape index (κ2) is 6.95. The van der Waals surface area contributed by atoms with Gasteiger partial charge in [-0.25, -0.2) is 8.42 Å². The van der Waals surface area contributed by atoms with E-state index in [4.69, 9.17) is 4.74 Å². The van der Waals surface area contributed by atoms with Gasteiger partial charge in [0.2, 0.25) is 10.0 Å². The molecule has 2 atom stereocenters. The van der Waals surface area contributed by atoms with Crippen LogP contribution in [-0.2, 0) is 10.0 Å². The van der Waals surface area contributed by atoms with Crippen LogP contribution in [0.5, 0.6) is 5.75 Å². The summed E-state index contributed by atoms with van der Waals surface area (Å²) in [5, 5.41) is 0. The summed E-state index contributed by atoms with van der Waals surface area (Å²) < 4.78 is 33.4. The average molecular weight is 345 g/mol. The molecule has 0 aliphatic carbocycles. The number of aryl methyl sites for hydroxylation is 1. The van der Waals surface area contributed by atoms with E-state index in [-0.39, 0.29) is 6.04 Å². The van der Waals surface area contributed by atoms with E-state index in [1.807, 2.05) is 49.4 Å². The van der Waals surface area contributed by atoms with Gasteiger partial charge in [-0.1, -0.05) is 42.8 Å². The predicted molar refractivity (Wildman–Crippen MR) is 94.6 cm³/mol. The Morgan fingerprint density at radius 2 is 1.75 bits per heavy atom. The highest BCUT2D eigenvalue weighted by Crippen LogP contribution is 2.30. The number of rotatable bonds is 5. The van der Waals surface area contributed by atoms with E-state index in [2.05, 4.69) is 6.92 Å². The van der Waals surface area contributed by atoms with E-state index >= 15 is 0 Å². The van der Waals surface area contributed by atoms with E-state index in [1.165, 1.54) is 0 Å². The molecule has 0 unspecified atom stereocenters. The Labute approximate surface area is 144 Å². The standard InChI is InChI=1S/C19H23NO3S/c1-15-8-10-19(11-9-15)24(21,22)20-13-16(2)12-17(20)14-23-18-6-4-3-5-7-18/h3-11,16-17H,12-14H2,1-2H3/t16-,17-/m1/s1. The molecule has 1 saturated heterocycles. The number of ether oxygens (including phenoxy) is 1. The molecule has 1 aliphatic heterocycles. The number of nitrogens with zero attached hydrogens (tertiary/aromatic N) is 1. The van der Waals surface area contributed by atoms with Gasteiger partial charge in [-0.05, 0) is 43.5 Å². The molecule has 0 bridgehead atoms. The van der Waals surface area contributed by atoms with Gasteiger partial charge in [0.25, 0.3) is 0 Å². The molecule has 0 N–H and O–H groups in total. The lowest BCUT2D eigenvalue weighted by molar-refractivity contribution is 0.232. The van der Waals surface area contributed by atoms with Crippen molar-refractivity contribution in [2.75, 3.05) is 13.2 Å². The summed E-state index contributed by atoms with van der Waals surface area (Å²) in [7, 11) is -3.49. The van der Waals surface area contributed by atoms with Crippen LogP contribution in [0.3, 0.4) is 0 Å². The lowest BCUT2D eigenvalue weighted by Crippen LogP contribution is -2.39. The summed E-state index contributed by atoms with van der Waals surface area (Å²) >= 11 is 0. The lowest BCUT2D eigenvalue weighted by atomic mass is 10.1. The monoisotopic (exact) mass is 345 g/mol. The summed E-state index contributed by atoms with van der Waals surface area (Å²) in [6.07, 6.45) is 0.817. The van der Waals surface area contributed by atoms with Crippen LogP contribution in [0.1, 0.15) is 18.9 Å². The van der Waals surface area contributed by atoms with Gasteiger partial charge in [0.05, 0.1) is 10.9 Å². The van der Waals surface area contributed by atoms with Crippen molar-refractivity contribution in [2.24, 2.45) is 5.92 Å². The van der Waals surface area contributed by atoms with Gasteiger partial charge >= 0.3 is 0 Å². The lowest BCUT2D eigenvalue weighted by Gasteiger charge is -2.24.